The van der Waals surface area contributed by atoms with E-state index in [9.17, 15) is 9.90 Å². The Morgan fingerprint density at radius 1 is 1.00 bits per heavy atom. The van der Waals surface area contributed by atoms with Crippen LogP contribution >= 0.6 is 0 Å². The van der Waals surface area contributed by atoms with Crippen molar-refractivity contribution in [2.24, 2.45) is 62.4 Å². The van der Waals surface area contributed by atoms with E-state index in [0.717, 1.165) is 44.9 Å². The molecule has 4 N–H and O–H groups in total. The fourth-order valence-electron chi connectivity index (χ4n) is 11.2. The first-order chi connectivity index (χ1) is 16.8. The second kappa shape index (κ2) is 8.57. The number of hydrogen-bond donors (Lipinski definition) is 3. The largest absolute Gasteiger partial charge is 0.393 e. The van der Waals surface area contributed by atoms with Crippen molar-refractivity contribution in [1.29, 1.82) is 0 Å². The molecule has 0 aromatic heterocycles. The molecule has 0 aromatic carbocycles. The molecule has 4 heteroatoms. The van der Waals surface area contributed by atoms with Gasteiger partial charge in [-0.3, -0.25) is 4.79 Å². The van der Waals surface area contributed by atoms with E-state index in [4.69, 9.17) is 5.73 Å². The summed E-state index contributed by atoms with van der Waals surface area (Å²) in [6, 6.07) is 0. The number of aliphatic hydroxyl groups is 1. The fourth-order valence-corrected chi connectivity index (χ4v) is 11.2. The summed E-state index contributed by atoms with van der Waals surface area (Å²) in [5.41, 5.74) is 7.77. The minimum absolute atomic E-state index is 0.0185. The molecule has 0 heterocycles. The number of amides is 1. The highest BCUT2D eigenvalue weighted by molar-refractivity contribution is 5.84. The molecule has 204 valence electrons. The topological polar surface area (TPSA) is 75.4 Å². The first-order valence-electron chi connectivity index (χ1n) is 15.2. The maximum Gasteiger partial charge on any atom is 0.226 e. The van der Waals surface area contributed by atoms with Gasteiger partial charge in [0.15, 0.2) is 0 Å². The van der Waals surface area contributed by atoms with Crippen molar-refractivity contribution < 1.29 is 9.90 Å². The van der Waals surface area contributed by atoms with Crippen LogP contribution in [0.3, 0.4) is 0 Å². The monoisotopic (exact) mass is 498 g/mol. The molecule has 0 aliphatic heterocycles. The molecule has 0 bridgehead atoms. The Hall–Kier alpha value is -0.870. The van der Waals surface area contributed by atoms with Gasteiger partial charge in [0.05, 0.1) is 11.5 Å². The van der Waals surface area contributed by atoms with Crippen LogP contribution in [0.15, 0.2) is 11.6 Å². The molecule has 0 aromatic rings. The van der Waals surface area contributed by atoms with Crippen LogP contribution in [0.5, 0.6) is 0 Å². The van der Waals surface area contributed by atoms with E-state index in [0.29, 0.717) is 42.7 Å². The Labute approximate surface area is 220 Å². The van der Waals surface area contributed by atoms with E-state index in [-0.39, 0.29) is 39.1 Å². The summed E-state index contributed by atoms with van der Waals surface area (Å²) in [5.74, 6) is 2.98. The number of carbonyl (C=O) groups excluding carboxylic acids is 1. The van der Waals surface area contributed by atoms with Gasteiger partial charge in [0.25, 0.3) is 0 Å². The lowest BCUT2D eigenvalue weighted by molar-refractivity contribution is -0.204. The van der Waals surface area contributed by atoms with Gasteiger partial charge in [-0.1, -0.05) is 60.1 Å². The zero-order valence-electron chi connectivity index (χ0n) is 24.3. The second-order valence-electron chi connectivity index (χ2n) is 15.2. The Bertz CT molecular complexity index is 927. The molecule has 4 fully saturated rings. The summed E-state index contributed by atoms with van der Waals surface area (Å²) in [7, 11) is 0. The lowest BCUT2D eigenvalue weighted by atomic mass is 9.33. The van der Waals surface area contributed by atoms with Crippen LogP contribution < -0.4 is 11.1 Å². The number of nitrogens with one attached hydrogen (secondary N) is 1. The molecular formula is C32H54N2O2. The highest BCUT2D eigenvalue weighted by atomic mass is 16.3. The van der Waals surface area contributed by atoms with Gasteiger partial charge in [0.2, 0.25) is 5.91 Å². The average Bonchev–Trinajstić information content (AvgIpc) is 2.83. The zero-order valence-corrected chi connectivity index (χ0v) is 24.3. The third-order valence-corrected chi connectivity index (χ3v) is 13.9. The maximum absolute atomic E-state index is 13.8. The molecule has 4 saturated carbocycles. The van der Waals surface area contributed by atoms with Crippen molar-refractivity contribution in [3.63, 3.8) is 0 Å². The van der Waals surface area contributed by atoms with Gasteiger partial charge in [0, 0.05) is 13.1 Å². The molecule has 5 rings (SSSR count). The molecule has 36 heavy (non-hydrogen) atoms. The van der Waals surface area contributed by atoms with Crippen LogP contribution in [0.2, 0.25) is 0 Å². The smallest absolute Gasteiger partial charge is 0.226 e. The van der Waals surface area contributed by atoms with Gasteiger partial charge in [-0.05, 0) is 109 Å². The second-order valence-corrected chi connectivity index (χ2v) is 15.2. The van der Waals surface area contributed by atoms with Gasteiger partial charge >= 0.3 is 0 Å². The minimum atomic E-state index is -0.270. The normalized spacial score (nSPS) is 51.6. The van der Waals surface area contributed by atoms with E-state index in [1.54, 1.807) is 5.57 Å². The van der Waals surface area contributed by atoms with E-state index in [2.05, 4.69) is 59.9 Å². The number of nitrogens with two attached hydrogens (primary N) is 1. The summed E-state index contributed by atoms with van der Waals surface area (Å²) >= 11 is 0. The number of fused-ring (bicyclic) bond motifs is 7. The van der Waals surface area contributed by atoms with Gasteiger partial charge in [-0.15, -0.1) is 0 Å². The van der Waals surface area contributed by atoms with Crippen LogP contribution in [0.25, 0.3) is 0 Å². The Balaban J connectivity index is 1.58. The average molecular weight is 499 g/mol. The summed E-state index contributed by atoms with van der Waals surface area (Å²) < 4.78 is 0. The number of rotatable bonds is 3. The molecule has 0 saturated heterocycles. The molecule has 5 aliphatic rings. The standard InChI is InChI=1S/C32H54N2O2/c1-20-10-15-32(27(36)34-19-18-33)17-16-30(6)22(26(32)21(20)2)8-9-24-29(5)13-12-25(35)28(3,4)23(29)11-14-31(24,30)7/h8,20-21,23-26,35H,9-19,33H2,1-7H3,(H,34,36)/t20-,21+,23+,24?,25+,26+,29+,30-,31-,32+/m1/s1. The van der Waals surface area contributed by atoms with E-state index >= 15 is 0 Å². The molecule has 1 amide bonds. The molecule has 10 atom stereocenters. The lowest BCUT2D eigenvalue weighted by Crippen LogP contribution is -2.66. The highest BCUT2D eigenvalue weighted by Gasteiger charge is 2.69. The van der Waals surface area contributed by atoms with E-state index in [1.165, 1.54) is 12.8 Å². The van der Waals surface area contributed by atoms with Gasteiger partial charge in [-0.25, -0.2) is 0 Å². The van der Waals surface area contributed by atoms with Crippen LogP contribution in [-0.2, 0) is 4.79 Å². The van der Waals surface area contributed by atoms with Crippen LogP contribution in [-0.4, -0.2) is 30.2 Å². The molecule has 0 spiro atoms. The molecule has 4 nitrogen and oxygen atoms in total. The highest BCUT2D eigenvalue weighted by Crippen LogP contribution is 2.75. The Morgan fingerprint density at radius 3 is 2.42 bits per heavy atom. The predicted molar refractivity (Wildman–Crippen MR) is 147 cm³/mol. The Morgan fingerprint density at radius 2 is 1.72 bits per heavy atom. The van der Waals surface area contributed by atoms with Crippen molar-refractivity contribution in [2.75, 3.05) is 13.1 Å². The quantitative estimate of drug-likeness (QED) is 0.413. The first kappa shape index (κ1) is 26.7. The third kappa shape index (κ3) is 3.28. The summed E-state index contributed by atoms with van der Waals surface area (Å²) in [4.78, 5) is 13.8. The van der Waals surface area contributed by atoms with E-state index in [1.807, 2.05) is 0 Å². The lowest BCUT2D eigenvalue weighted by Gasteiger charge is -2.71. The zero-order chi connectivity index (χ0) is 26.3. The number of aliphatic hydroxyl groups excluding tert-OH is 1. The summed E-state index contributed by atoms with van der Waals surface area (Å²) in [5, 5.41) is 14.2. The summed E-state index contributed by atoms with van der Waals surface area (Å²) in [6.45, 7) is 18.4. The third-order valence-electron chi connectivity index (χ3n) is 13.9. The van der Waals surface area contributed by atoms with Gasteiger partial charge in [0.1, 0.15) is 0 Å². The predicted octanol–water partition coefficient (Wildman–Crippen LogP) is 6.08. The molecule has 1 unspecified atom stereocenters. The van der Waals surface area contributed by atoms with Crippen LogP contribution in [0.1, 0.15) is 106 Å². The van der Waals surface area contributed by atoms with Gasteiger partial charge in [-0.2, -0.15) is 0 Å². The Kier molecular flexibility index (Phi) is 6.36. The van der Waals surface area contributed by atoms with Crippen LogP contribution in [0, 0.1) is 56.7 Å². The van der Waals surface area contributed by atoms with Crippen molar-refractivity contribution in [1.82, 2.24) is 5.32 Å². The maximum atomic E-state index is 13.8. The number of allylic oxidation sites excluding steroid dienone is 2. The molecular weight excluding hydrogens is 444 g/mol. The van der Waals surface area contributed by atoms with Crippen molar-refractivity contribution in [2.45, 2.75) is 112 Å². The fraction of sp³-hybridized carbons (Fsp3) is 0.906. The van der Waals surface area contributed by atoms with Crippen molar-refractivity contribution >= 4 is 5.91 Å². The SMILES string of the molecule is C[C@H]1[C@H](C)CC[C@]2(C(=O)NCCN)CC[C@]3(C)C(=CCC4[C@@]5(C)CC[C@H](O)C(C)(C)[C@@H]5CC[C@]43C)[C@H]12. The van der Waals surface area contributed by atoms with Gasteiger partial charge < -0.3 is 16.2 Å². The van der Waals surface area contributed by atoms with E-state index < -0.39 is 0 Å². The molecule has 0 radical (unpaired) electrons. The number of carbonyl (C=O) groups is 1. The van der Waals surface area contributed by atoms with Crippen molar-refractivity contribution in [3.05, 3.63) is 11.6 Å². The minimum Gasteiger partial charge on any atom is -0.393 e. The van der Waals surface area contributed by atoms with Crippen molar-refractivity contribution in [3.8, 4) is 0 Å². The summed E-state index contributed by atoms with van der Waals surface area (Å²) in [6.07, 6.45) is 12.4. The molecule has 5 aliphatic carbocycles. The van der Waals surface area contributed by atoms with Crippen LogP contribution in [0.4, 0.5) is 0 Å². The number of hydrogen-bond acceptors (Lipinski definition) is 3. The first-order valence-corrected chi connectivity index (χ1v) is 15.2.